The molecule has 1 aromatic rings. The highest BCUT2D eigenvalue weighted by molar-refractivity contribution is 8.00. The van der Waals surface area contributed by atoms with Gasteiger partial charge in [0, 0.05) is 11.4 Å². The van der Waals surface area contributed by atoms with Crippen LogP contribution in [0.5, 0.6) is 0 Å². The Morgan fingerprint density at radius 2 is 1.90 bits per heavy atom. The monoisotopic (exact) mass is 295 g/mol. The lowest BCUT2D eigenvalue weighted by Crippen LogP contribution is -2.31. The molecule has 0 aliphatic heterocycles. The fourth-order valence-electron chi connectivity index (χ4n) is 1.81. The number of benzene rings is 1. The summed E-state index contributed by atoms with van der Waals surface area (Å²) in [6.07, 6.45) is 2.91. The lowest BCUT2D eigenvalue weighted by Gasteiger charge is -2.12. The molecule has 0 radical (unpaired) electrons. The summed E-state index contributed by atoms with van der Waals surface area (Å²) in [5.41, 5.74) is 0.894. The van der Waals surface area contributed by atoms with Crippen molar-refractivity contribution in [2.24, 2.45) is 0 Å². The predicted octanol–water partition coefficient (Wildman–Crippen LogP) is 3.53. The van der Waals surface area contributed by atoms with E-state index in [1.165, 1.54) is 0 Å². The van der Waals surface area contributed by atoms with Crippen molar-refractivity contribution in [1.29, 1.82) is 0 Å². The van der Waals surface area contributed by atoms with Gasteiger partial charge in [0.15, 0.2) is 0 Å². The summed E-state index contributed by atoms with van der Waals surface area (Å²) in [6, 6.07) is 7.71. The van der Waals surface area contributed by atoms with E-state index >= 15 is 0 Å². The molecular formula is C16H25NO2S. The van der Waals surface area contributed by atoms with E-state index in [9.17, 15) is 9.90 Å². The third-order valence-corrected chi connectivity index (χ3v) is 4.24. The van der Waals surface area contributed by atoms with Gasteiger partial charge < -0.3 is 10.4 Å². The number of aliphatic hydroxyl groups is 1. The van der Waals surface area contributed by atoms with E-state index in [-0.39, 0.29) is 11.2 Å². The van der Waals surface area contributed by atoms with Gasteiger partial charge in [0.1, 0.15) is 0 Å². The van der Waals surface area contributed by atoms with Crippen molar-refractivity contribution in [3.8, 4) is 0 Å². The molecule has 2 N–H and O–H groups in total. The Bertz CT molecular complexity index is 403. The molecule has 2 atom stereocenters. The molecule has 0 saturated heterocycles. The number of hydrogen-bond donors (Lipinski definition) is 2. The number of unbranched alkanes of at least 4 members (excludes halogenated alkanes) is 2. The largest absolute Gasteiger partial charge is 0.389 e. The number of hydrogen-bond acceptors (Lipinski definition) is 3. The van der Waals surface area contributed by atoms with Gasteiger partial charge >= 0.3 is 0 Å². The third kappa shape index (κ3) is 5.97. The van der Waals surface area contributed by atoms with Crippen LogP contribution in [0.15, 0.2) is 29.2 Å². The minimum atomic E-state index is -0.451. The molecule has 0 bridgehead atoms. The number of carbonyl (C=O) groups is 1. The smallest absolute Gasteiger partial charge is 0.233 e. The summed E-state index contributed by atoms with van der Waals surface area (Å²) < 4.78 is 0. The average molecular weight is 295 g/mol. The van der Waals surface area contributed by atoms with Gasteiger partial charge in [-0.1, -0.05) is 31.9 Å². The molecule has 1 amide bonds. The zero-order valence-electron chi connectivity index (χ0n) is 12.6. The first kappa shape index (κ1) is 17.1. The maximum atomic E-state index is 11.9. The van der Waals surface area contributed by atoms with Crippen LogP contribution in [0, 0.1) is 0 Å². The average Bonchev–Trinajstić information content (AvgIpc) is 2.44. The van der Waals surface area contributed by atoms with Crippen molar-refractivity contribution in [1.82, 2.24) is 5.32 Å². The minimum absolute atomic E-state index is 0.0886. The van der Waals surface area contributed by atoms with Gasteiger partial charge in [-0.2, -0.15) is 0 Å². The van der Waals surface area contributed by atoms with Gasteiger partial charge in [0.05, 0.1) is 11.4 Å². The maximum absolute atomic E-state index is 11.9. The summed E-state index contributed by atoms with van der Waals surface area (Å²) in [5.74, 6) is 0.0886. The topological polar surface area (TPSA) is 49.3 Å². The summed E-state index contributed by atoms with van der Waals surface area (Å²) in [4.78, 5) is 13.0. The Morgan fingerprint density at radius 3 is 2.45 bits per heavy atom. The molecule has 4 heteroatoms. The van der Waals surface area contributed by atoms with Crippen molar-refractivity contribution in [3.63, 3.8) is 0 Å². The van der Waals surface area contributed by atoms with Crippen LogP contribution in [0.2, 0.25) is 0 Å². The summed E-state index contributed by atoms with van der Waals surface area (Å²) in [5, 5.41) is 12.3. The second-order valence-electron chi connectivity index (χ2n) is 5.00. The van der Waals surface area contributed by atoms with E-state index in [2.05, 4.69) is 12.2 Å². The fourth-order valence-corrected chi connectivity index (χ4v) is 2.70. The Balaban J connectivity index is 2.40. The first-order valence-corrected chi connectivity index (χ1v) is 8.15. The van der Waals surface area contributed by atoms with Gasteiger partial charge in [0.2, 0.25) is 5.91 Å². The number of aliphatic hydroxyl groups excluding tert-OH is 1. The Kier molecular flexibility index (Phi) is 7.70. The number of nitrogens with one attached hydrogen (secondary N) is 1. The Hall–Kier alpha value is -1.00. The van der Waals surface area contributed by atoms with E-state index < -0.39 is 6.10 Å². The van der Waals surface area contributed by atoms with Crippen molar-refractivity contribution in [3.05, 3.63) is 29.8 Å². The molecule has 1 rings (SSSR count). The number of carbonyl (C=O) groups excluding carboxylic acids is 1. The van der Waals surface area contributed by atoms with Gasteiger partial charge in [-0.3, -0.25) is 4.79 Å². The first-order valence-electron chi connectivity index (χ1n) is 7.27. The molecular weight excluding hydrogens is 270 g/mol. The maximum Gasteiger partial charge on any atom is 0.233 e. The van der Waals surface area contributed by atoms with Crippen molar-refractivity contribution in [2.75, 3.05) is 6.54 Å². The van der Waals surface area contributed by atoms with Crippen LogP contribution in [0.25, 0.3) is 0 Å². The molecule has 3 nitrogen and oxygen atoms in total. The molecule has 0 heterocycles. The van der Waals surface area contributed by atoms with Gasteiger partial charge in [-0.05, 0) is 38.0 Å². The van der Waals surface area contributed by atoms with Crippen LogP contribution < -0.4 is 5.32 Å². The predicted molar refractivity (Wildman–Crippen MR) is 84.9 cm³/mol. The first-order chi connectivity index (χ1) is 9.54. The van der Waals surface area contributed by atoms with Crippen molar-refractivity contribution >= 4 is 17.7 Å². The quantitative estimate of drug-likeness (QED) is 0.570. The highest BCUT2D eigenvalue weighted by Gasteiger charge is 2.13. The number of rotatable bonds is 8. The van der Waals surface area contributed by atoms with Gasteiger partial charge in [-0.15, -0.1) is 11.8 Å². The molecule has 0 aliphatic rings. The molecule has 20 heavy (non-hydrogen) atoms. The summed E-state index contributed by atoms with van der Waals surface area (Å²) in [7, 11) is 0. The summed E-state index contributed by atoms with van der Waals surface area (Å²) >= 11 is 1.54. The van der Waals surface area contributed by atoms with E-state index in [0.717, 1.165) is 36.3 Å². The van der Waals surface area contributed by atoms with Gasteiger partial charge in [0.25, 0.3) is 0 Å². The zero-order valence-corrected chi connectivity index (χ0v) is 13.4. The zero-order chi connectivity index (χ0) is 15.0. The van der Waals surface area contributed by atoms with Crippen LogP contribution >= 0.6 is 11.8 Å². The molecule has 1 aromatic carbocycles. The molecule has 0 aromatic heterocycles. The van der Waals surface area contributed by atoms with Crippen LogP contribution in [-0.2, 0) is 4.79 Å². The second-order valence-corrected chi connectivity index (χ2v) is 6.42. The number of amides is 1. The molecule has 2 unspecified atom stereocenters. The third-order valence-electron chi connectivity index (χ3n) is 3.12. The fraction of sp³-hybridized carbons (Fsp3) is 0.562. The van der Waals surface area contributed by atoms with Crippen LogP contribution in [0.1, 0.15) is 51.7 Å². The normalized spacial score (nSPS) is 13.8. The minimum Gasteiger partial charge on any atom is -0.389 e. The molecule has 0 saturated carbocycles. The molecule has 112 valence electrons. The van der Waals surface area contributed by atoms with Crippen LogP contribution in [0.4, 0.5) is 0 Å². The highest BCUT2D eigenvalue weighted by Crippen LogP contribution is 2.25. The highest BCUT2D eigenvalue weighted by atomic mass is 32.2. The van der Waals surface area contributed by atoms with E-state index in [0.29, 0.717) is 0 Å². The lowest BCUT2D eigenvalue weighted by atomic mass is 10.1. The van der Waals surface area contributed by atoms with E-state index in [1.54, 1.807) is 18.7 Å². The molecule has 0 aliphatic carbocycles. The summed E-state index contributed by atoms with van der Waals surface area (Å²) in [6.45, 7) is 6.58. The van der Waals surface area contributed by atoms with Crippen LogP contribution in [-0.4, -0.2) is 22.8 Å². The van der Waals surface area contributed by atoms with Gasteiger partial charge in [-0.25, -0.2) is 0 Å². The van der Waals surface area contributed by atoms with Crippen molar-refractivity contribution < 1.29 is 9.90 Å². The Labute approximate surface area is 126 Å². The lowest BCUT2D eigenvalue weighted by molar-refractivity contribution is -0.120. The van der Waals surface area contributed by atoms with E-state index in [1.807, 2.05) is 31.2 Å². The van der Waals surface area contributed by atoms with E-state index in [4.69, 9.17) is 0 Å². The van der Waals surface area contributed by atoms with Crippen LogP contribution in [0.3, 0.4) is 0 Å². The Morgan fingerprint density at radius 1 is 1.25 bits per heavy atom. The second kappa shape index (κ2) is 9.03. The molecule has 0 fully saturated rings. The van der Waals surface area contributed by atoms with Crippen molar-refractivity contribution in [2.45, 2.75) is 56.3 Å². The number of thioether (sulfide) groups is 1. The standard InChI is InChI=1S/C16H25NO2S/c1-4-5-6-11-17-16(19)13(3)20-15-9-7-14(8-10-15)12(2)18/h7-10,12-13,18H,4-6,11H2,1-3H3,(H,17,19). The molecule has 0 spiro atoms. The SMILES string of the molecule is CCCCCNC(=O)C(C)Sc1ccc(C(C)O)cc1.